The van der Waals surface area contributed by atoms with E-state index in [2.05, 4.69) is 57.5 Å². The Bertz CT molecular complexity index is 1310. The van der Waals surface area contributed by atoms with Crippen molar-refractivity contribution in [3.05, 3.63) is 62.1 Å². The van der Waals surface area contributed by atoms with Crippen LogP contribution in [0.3, 0.4) is 0 Å². The summed E-state index contributed by atoms with van der Waals surface area (Å²) < 4.78 is 8.47. The van der Waals surface area contributed by atoms with Crippen LogP contribution in [0.5, 0.6) is 5.75 Å². The zero-order chi connectivity index (χ0) is 23.0. The van der Waals surface area contributed by atoms with Gasteiger partial charge in [-0.2, -0.15) is 11.3 Å². The topological polar surface area (TPSA) is 68.5 Å². The summed E-state index contributed by atoms with van der Waals surface area (Å²) in [5.41, 5.74) is 5.26. The van der Waals surface area contributed by atoms with Gasteiger partial charge in [-0.15, -0.1) is 0 Å². The van der Waals surface area contributed by atoms with E-state index in [0.717, 1.165) is 41.0 Å². The predicted octanol–water partition coefficient (Wildman–Crippen LogP) is 5.80. The van der Waals surface area contributed by atoms with Gasteiger partial charge in [0.25, 0.3) is 0 Å². The van der Waals surface area contributed by atoms with Crippen LogP contribution in [0, 0.1) is 5.41 Å². The molecule has 6 heteroatoms. The molecule has 0 unspecified atom stereocenters. The molecule has 1 aromatic carbocycles. The molecule has 0 fully saturated rings. The van der Waals surface area contributed by atoms with Crippen molar-refractivity contribution >= 4 is 17.3 Å². The van der Waals surface area contributed by atoms with Crippen LogP contribution in [-0.4, -0.2) is 21.2 Å². The van der Waals surface area contributed by atoms with Crippen molar-refractivity contribution in [3.63, 3.8) is 0 Å². The number of hydrogen-bond acceptors (Lipinski definition) is 4. The third-order valence-corrected chi connectivity index (χ3v) is 7.31. The third-order valence-electron chi connectivity index (χ3n) is 6.63. The highest BCUT2D eigenvalue weighted by Gasteiger charge is 2.40. The number of hydrogen-bond donors (Lipinski definition) is 1. The van der Waals surface area contributed by atoms with Gasteiger partial charge in [0.1, 0.15) is 16.9 Å². The summed E-state index contributed by atoms with van der Waals surface area (Å²) >= 11 is 1.64. The number of benzene rings is 1. The van der Waals surface area contributed by atoms with Gasteiger partial charge in [0, 0.05) is 41.4 Å². The highest BCUT2D eigenvalue weighted by Crippen LogP contribution is 2.52. The molecule has 2 aromatic heterocycles. The maximum absolute atomic E-state index is 12.7. The maximum Gasteiger partial charge on any atom is 0.341 e. The number of carboxylic acids is 1. The monoisotopic (exact) mass is 449 g/mol. The molecular weight excluding hydrogens is 422 g/mol. The van der Waals surface area contributed by atoms with Crippen molar-refractivity contribution in [2.75, 3.05) is 0 Å². The summed E-state index contributed by atoms with van der Waals surface area (Å²) in [5, 5.41) is 13.7. The third kappa shape index (κ3) is 3.20. The number of thiophene rings is 1. The smallest absolute Gasteiger partial charge is 0.341 e. The van der Waals surface area contributed by atoms with Gasteiger partial charge in [-0.3, -0.25) is 4.79 Å². The van der Waals surface area contributed by atoms with Crippen molar-refractivity contribution in [1.82, 2.24) is 4.57 Å². The molecule has 0 aliphatic carbocycles. The lowest BCUT2D eigenvalue weighted by Crippen LogP contribution is -2.33. The number of ether oxygens (including phenoxy) is 1. The Balaban J connectivity index is 1.85. The van der Waals surface area contributed by atoms with Crippen molar-refractivity contribution in [1.29, 1.82) is 0 Å². The van der Waals surface area contributed by atoms with Gasteiger partial charge < -0.3 is 14.4 Å². The second kappa shape index (κ2) is 6.82. The van der Waals surface area contributed by atoms with Crippen molar-refractivity contribution in [2.45, 2.75) is 59.1 Å². The Morgan fingerprint density at radius 2 is 1.97 bits per heavy atom. The molecule has 0 saturated carbocycles. The maximum atomic E-state index is 12.7. The molecule has 1 atom stereocenters. The molecule has 0 bridgehead atoms. The molecule has 32 heavy (non-hydrogen) atoms. The fourth-order valence-corrected chi connectivity index (χ4v) is 5.75. The van der Waals surface area contributed by atoms with E-state index in [1.165, 1.54) is 23.4 Å². The van der Waals surface area contributed by atoms with Crippen molar-refractivity contribution in [3.8, 4) is 28.1 Å². The Labute approximate surface area is 191 Å². The van der Waals surface area contributed by atoms with Gasteiger partial charge >= 0.3 is 5.97 Å². The van der Waals surface area contributed by atoms with Crippen LogP contribution in [0.15, 0.2) is 40.0 Å². The average molecular weight is 450 g/mol. The quantitative estimate of drug-likeness (QED) is 0.537. The molecule has 166 valence electrons. The molecule has 0 spiro atoms. The molecule has 5 rings (SSSR count). The lowest BCUT2D eigenvalue weighted by atomic mass is 9.76. The number of carboxylic acid groups (broad SMARTS) is 1. The SMILES string of the molecule is CC1(C)Cc2c3c(cc(-c4ccsc4)c2O1)-c1cc(=O)c(C(=O)O)cn1[C@H](C(C)(C)C)C3. The van der Waals surface area contributed by atoms with Crippen LogP contribution in [0.2, 0.25) is 0 Å². The summed E-state index contributed by atoms with van der Waals surface area (Å²) in [6.45, 7) is 10.7. The molecule has 0 radical (unpaired) electrons. The molecule has 0 saturated heterocycles. The molecule has 3 aromatic rings. The fraction of sp³-hybridized carbons (Fsp3) is 0.385. The van der Waals surface area contributed by atoms with Crippen molar-refractivity contribution < 1.29 is 14.6 Å². The second-order valence-electron chi connectivity index (χ2n) is 10.5. The van der Waals surface area contributed by atoms with Crippen LogP contribution in [0.25, 0.3) is 22.4 Å². The summed E-state index contributed by atoms with van der Waals surface area (Å²) in [4.78, 5) is 24.4. The summed E-state index contributed by atoms with van der Waals surface area (Å²) in [5.74, 6) is -0.246. The summed E-state index contributed by atoms with van der Waals surface area (Å²) in [7, 11) is 0. The molecule has 0 amide bonds. The van der Waals surface area contributed by atoms with Crippen molar-refractivity contribution in [2.24, 2.45) is 5.41 Å². The van der Waals surface area contributed by atoms with Gasteiger partial charge in [-0.25, -0.2) is 4.79 Å². The number of rotatable bonds is 2. The lowest BCUT2D eigenvalue weighted by Gasteiger charge is -2.39. The number of aromatic nitrogens is 1. The summed E-state index contributed by atoms with van der Waals surface area (Å²) in [6.07, 6.45) is 3.10. The van der Waals surface area contributed by atoms with Gasteiger partial charge in [0.15, 0.2) is 5.43 Å². The minimum Gasteiger partial charge on any atom is -0.487 e. The fourth-order valence-electron chi connectivity index (χ4n) is 5.09. The van der Waals surface area contributed by atoms with Gasteiger partial charge in [-0.05, 0) is 59.7 Å². The zero-order valence-corrected chi connectivity index (χ0v) is 19.8. The minimum absolute atomic E-state index is 0.0171. The van der Waals surface area contributed by atoms with Crippen LogP contribution < -0.4 is 10.2 Å². The number of fused-ring (bicyclic) bond motifs is 5. The van der Waals surface area contributed by atoms with Crippen LogP contribution in [0.1, 0.15) is 62.1 Å². The highest BCUT2D eigenvalue weighted by atomic mass is 32.1. The minimum atomic E-state index is -1.19. The van der Waals surface area contributed by atoms with E-state index in [1.807, 2.05) is 4.57 Å². The van der Waals surface area contributed by atoms with Gasteiger partial charge in [0.05, 0.1) is 5.69 Å². The van der Waals surface area contributed by atoms with Gasteiger partial charge in [-0.1, -0.05) is 20.8 Å². The standard InChI is InChI=1S/C26H27NO4S/c1-25(2,3)22-9-16-17(20-10-21(28)19(24(29)30)12-27(20)22)8-15(14-6-7-32-13-14)23-18(16)11-26(4,5)31-23/h6-8,10,12-13,22H,9,11H2,1-5H3,(H,29,30)/t22-/m0/s1. The van der Waals surface area contributed by atoms with E-state index in [9.17, 15) is 14.7 Å². The molecule has 2 aliphatic heterocycles. The van der Waals surface area contributed by atoms with E-state index in [1.54, 1.807) is 11.3 Å². The zero-order valence-electron chi connectivity index (χ0n) is 19.0. The molecule has 4 heterocycles. The molecular formula is C26H27NO4S. The molecule has 5 nitrogen and oxygen atoms in total. The Hall–Kier alpha value is -2.86. The van der Waals surface area contributed by atoms with E-state index >= 15 is 0 Å². The van der Waals surface area contributed by atoms with Crippen LogP contribution >= 0.6 is 11.3 Å². The van der Waals surface area contributed by atoms with E-state index in [-0.39, 0.29) is 22.6 Å². The number of pyridine rings is 1. The van der Waals surface area contributed by atoms with E-state index in [4.69, 9.17) is 4.74 Å². The van der Waals surface area contributed by atoms with Crippen LogP contribution in [0.4, 0.5) is 0 Å². The van der Waals surface area contributed by atoms with E-state index < -0.39 is 11.4 Å². The van der Waals surface area contributed by atoms with Gasteiger partial charge in [0.2, 0.25) is 0 Å². The predicted molar refractivity (Wildman–Crippen MR) is 127 cm³/mol. The molecule has 2 aliphatic rings. The Morgan fingerprint density at radius 1 is 1.22 bits per heavy atom. The summed E-state index contributed by atoms with van der Waals surface area (Å²) in [6, 6.07) is 5.74. The van der Waals surface area contributed by atoms with Crippen LogP contribution in [-0.2, 0) is 12.8 Å². The largest absolute Gasteiger partial charge is 0.487 e. The Kier molecular flexibility index (Phi) is 4.48. The molecule has 1 N–H and O–H groups in total. The number of nitrogens with zero attached hydrogens (tertiary/aromatic N) is 1. The normalized spacial score (nSPS) is 18.5. The average Bonchev–Trinajstić information content (AvgIpc) is 3.32. The first-order valence-corrected chi connectivity index (χ1v) is 11.8. The first kappa shape index (κ1) is 21.0. The Morgan fingerprint density at radius 3 is 2.59 bits per heavy atom. The highest BCUT2D eigenvalue weighted by molar-refractivity contribution is 7.08. The first-order valence-electron chi connectivity index (χ1n) is 10.9. The second-order valence-corrected chi connectivity index (χ2v) is 11.3. The number of carbonyl (C=O) groups is 1. The first-order chi connectivity index (χ1) is 15.0. The van der Waals surface area contributed by atoms with E-state index in [0.29, 0.717) is 0 Å². The lowest BCUT2D eigenvalue weighted by molar-refractivity contribution is 0.0693. The number of aromatic carboxylic acids is 1.